The van der Waals surface area contributed by atoms with Crippen LogP contribution in [0.1, 0.15) is 24.6 Å². The number of rotatable bonds is 5. The van der Waals surface area contributed by atoms with E-state index >= 15 is 0 Å². The Labute approximate surface area is 103 Å². The van der Waals surface area contributed by atoms with Gasteiger partial charge in [-0.05, 0) is 25.3 Å². The molecule has 0 aromatic carbocycles. The molecule has 0 spiro atoms. The molecule has 1 heterocycles. The van der Waals surface area contributed by atoms with Crippen LogP contribution in [0.3, 0.4) is 0 Å². The maximum Gasteiger partial charge on any atom is 0.337 e. The van der Waals surface area contributed by atoms with Crippen LogP contribution in [0.4, 0.5) is 0 Å². The molecule has 0 fully saturated rings. The maximum absolute atomic E-state index is 11.7. The Morgan fingerprint density at radius 1 is 1.59 bits per heavy atom. The van der Waals surface area contributed by atoms with Gasteiger partial charge in [-0.15, -0.1) is 11.3 Å². The number of carboxylic acids is 1. The summed E-state index contributed by atoms with van der Waals surface area (Å²) in [4.78, 5) is 23.2. The van der Waals surface area contributed by atoms with Gasteiger partial charge in [0.2, 0.25) is 5.91 Å². The van der Waals surface area contributed by atoms with Gasteiger partial charge in [-0.3, -0.25) is 4.79 Å². The number of carboxylic acid groups (broad SMARTS) is 1. The van der Waals surface area contributed by atoms with Crippen molar-refractivity contribution in [1.82, 2.24) is 5.32 Å². The van der Waals surface area contributed by atoms with Crippen LogP contribution >= 0.6 is 11.3 Å². The Hall–Kier alpha value is -1.40. The Balaban J connectivity index is 2.54. The number of carbonyl (C=O) groups is 2. The molecule has 0 aliphatic heterocycles. The van der Waals surface area contributed by atoms with E-state index in [1.165, 1.54) is 11.3 Å². The van der Waals surface area contributed by atoms with E-state index in [9.17, 15) is 14.7 Å². The van der Waals surface area contributed by atoms with Crippen LogP contribution in [-0.4, -0.2) is 34.2 Å². The third kappa shape index (κ3) is 3.54. The van der Waals surface area contributed by atoms with Gasteiger partial charge < -0.3 is 15.5 Å². The fourth-order valence-electron chi connectivity index (χ4n) is 1.15. The second-order valence-electron chi connectivity index (χ2n) is 4.03. The highest BCUT2D eigenvalue weighted by Gasteiger charge is 2.31. The van der Waals surface area contributed by atoms with Crippen molar-refractivity contribution in [2.75, 3.05) is 6.54 Å². The summed E-state index contributed by atoms with van der Waals surface area (Å²) in [5.74, 6) is -2.00. The van der Waals surface area contributed by atoms with Crippen molar-refractivity contribution in [3.8, 4) is 0 Å². The van der Waals surface area contributed by atoms with Crippen molar-refractivity contribution in [1.29, 1.82) is 0 Å². The number of carbonyl (C=O) groups excluding carboxylic acids is 1. The number of amides is 1. The summed E-state index contributed by atoms with van der Waals surface area (Å²) in [5.41, 5.74) is -1.94. The lowest BCUT2D eigenvalue weighted by atomic mass is 10.1. The Kier molecular flexibility index (Phi) is 4.25. The third-order valence-electron chi connectivity index (χ3n) is 2.43. The molecule has 0 aliphatic rings. The molecule has 0 saturated carbocycles. The van der Waals surface area contributed by atoms with Crippen LogP contribution < -0.4 is 5.32 Å². The van der Waals surface area contributed by atoms with Crippen LogP contribution in [0.5, 0.6) is 0 Å². The number of thiophene rings is 1. The first kappa shape index (κ1) is 13.7. The fraction of sp³-hybridized carbons (Fsp3) is 0.455. The molecule has 1 amide bonds. The highest BCUT2D eigenvalue weighted by Crippen LogP contribution is 2.20. The van der Waals surface area contributed by atoms with Crippen molar-refractivity contribution >= 4 is 23.2 Å². The van der Waals surface area contributed by atoms with Crippen LogP contribution in [-0.2, 0) is 9.59 Å². The van der Waals surface area contributed by atoms with E-state index in [1.807, 2.05) is 17.5 Å². The molecule has 0 aliphatic carbocycles. The Morgan fingerprint density at radius 2 is 2.24 bits per heavy atom. The molecule has 94 valence electrons. The summed E-state index contributed by atoms with van der Waals surface area (Å²) in [6, 6.07) is 3.68. The zero-order valence-electron chi connectivity index (χ0n) is 9.64. The zero-order chi connectivity index (χ0) is 13.1. The molecule has 0 radical (unpaired) electrons. The van der Waals surface area contributed by atoms with Gasteiger partial charge in [-0.2, -0.15) is 0 Å². The summed E-state index contributed by atoms with van der Waals surface area (Å²) in [6.45, 7) is 2.57. The Morgan fingerprint density at radius 3 is 2.71 bits per heavy atom. The van der Waals surface area contributed by atoms with Gasteiger partial charge in [0.05, 0.1) is 12.5 Å². The standard InChI is InChI=1S/C11H15NO4S/c1-7(8-4-3-5-17-8)9(13)12-6-11(2,16)10(14)15/h3-5,7,16H,6H2,1-2H3,(H,12,13)(H,14,15). The molecule has 6 heteroatoms. The molecular weight excluding hydrogens is 242 g/mol. The van der Waals surface area contributed by atoms with Crippen LogP contribution in [0.15, 0.2) is 17.5 Å². The first-order chi connectivity index (χ1) is 7.84. The van der Waals surface area contributed by atoms with Crippen LogP contribution in [0, 0.1) is 0 Å². The summed E-state index contributed by atoms with van der Waals surface area (Å²) in [7, 11) is 0. The molecule has 2 unspecified atom stereocenters. The van der Waals surface area contributed by atoms with Crippen LogP contribution in [0.25, 0.3) is 0 Å². The van der Waals surface area contributed by atoms with Gasteiger partial charge in [-0.25, -0.2) is 4.79 Å². The normalized spacial score (nSPS) is 15.9. The molecule has 1 aromatic heterocycles. The second-order valence-corrected chi connectivity index (χ2v) is 5.01. The molecule has 5 nitrogen and oxygen atoms in total. The minimum atomic E-state index is -1.94. The summed E-state index contributed by atoms with van der Waals surface area (Å²) >= 11 is 1.46. The zero-order valence-corrected chi connectivity index (χ0v) is 10.5. The first-order valence-electron chi connectivity index (χ1n) is 5.11. The summed E-state index contributed by atoms with van der Waals surface area (Å²) < 4.78 is 0. The highest BCUT2D eigenvalue weighted by atomic mass is 32.1. The van der Waals surface area contributed by atoms with Crippen LogP contribution in [0.2, 0.25) is 0 Å². The molecular formula is C11H15NO4S. The van der Waals surface area contributed by atoms with E-state index in [-0.39, 0.29) is 18.4 Å². The third-order valence-corrected chi connectivity index (χ3v) is 3.49. The van der Waals surface area contributed by atoms with E-state index in [2.05, 4.69) is 5.32 Å². The number of nitrogens with one attached hydrogen (secondary N) is 1. The lowest BCUT2D eigenvalue weighted by Gasteiger charge is -2.19. The van der Waals surface area contributed by atoms with E-state index in [4.69, 9.17) is 5.11 Å². The predicted molar refractivity (Wildman–Crippen MR) is 64.0 cm³/mol. The molecule has 0 bridgehead atoms. The number of hydrogen-bond donors (Lipinski definition) is 3. The average molecular weight is 257 g/mol. The topological polar surface area (TPSA) is 86.6 Å². The molecule has 1 aromatic rings. The minimum Gasteiger partial charge on any atom is -0.479 e. The van der Waals surface area contributed by atoms with E-state index < -0.39 is 11.6 Å². The highest BCUT2D eigenvalue weighted by molar-refractivity contribution is 7.10. The van der Waals surface area contributed by atoms with Crippen molar-refractivity contribution in [2.24, 2.45) is 0 Å². The summed E-state index contributed by atoms with van der Waals surface area (Å²) in [6.07, 6.45) is 0. The molecule has 1 rings (SSSR count). The van der Waals surface area contributed by atoms with Gasteiger partial charge in [0.25, 0.3) is 0 Å². The second kappa shape index (κ2) is 5.29. The van der Waals surface area contributed by atoms with E-state index in [0.717, 1.165) is 11.8 Å². The van der Waals surface area contributed by atoms with Crippen molar-refractivity contribution in [3.05, 3.63) is 22.4 Å². The molecule has 2 atom stereocenters. The van der Waals surface area contributed by atoms with Gasteiger partial charge >= 0.3 is 5.97 Å². The summed E-state index contributed by atoms with van der Waals surface area (Å²) in [5, 5.41) is 22.4. The fourth-order valence-corrected chi connectivity index (χ4v) is 1.94. The lowest BCUT2D eigenvalue weighted by Crippen LogP contribution is -2.47. The number of aliphatic hydroxyl groups is 1. The molecule has 17 heavy (non-hydrogen) atoms. The average Bonchev–Trinajstić information content (AvgIpc) is 2.78. The van der Waals surface area contributed by atoms with Gasteiger partial charge in [-0.1, -0.05) is 6.07 Å². The Bertz CT molecular complexity index is 400. The largest absolute Gasteiger partial charge is 0.479 e. The van der Waals surface area contributed by atoms with Gasteiger partial charge in [0.15, 0.2) is 5.60 Å². The van der Waals surface area contributed by atoms with E-state index in [0.29, 0.717) is 0 Å². The molecule has 0 saturated heterocycles. The van der Waals surface area contributed by atoms with E-state index in [1.54, 1.807) is 6.92 Å². The predicted octanol–water partition coefficient (Wildman–Crippen LogP) is 0.803. The van der Waals surface area contributed by atoms with Gasteiger partial charge in [0.1, 0.15) is 0 Å². The first-order valence-corrected chi connectivity index (χ1v) is 5.99. The van der Waals surface area contributed by atoms with Crippen molar-refractivity contribution < 1.29 is 19.8 Å². The monoisotopic (exact) mass is 257 g/mol. The smallest absolute Gasteiger partial charge is 0.337 e. The van der Waals surface area contributed by atoms with Crippen molar-refractivity contribution in [3.63, 3.8) is 0 Å². The number of hydrogen-bond acceptors (Lipinski definition) is 4. The van der Waals surface area contributed by atoms with Gasteiger partial charge in [0, 0.05) is 4.88 Å². The minimum absolute atomic E-state index is 0.297. The quantitative estimate of drug-likeness (QED) is 0.728. The maximum atomic E-state index is 11.7. The number of aliphatic carboxylic acids is 1. The SMILES string of the molecule is CC(C(=O)NCC(C)(O)C(=O)O)c1cccs1. The van der Waals surface area contributed by atoms with Crippen molar-refractivity contribution in [2.45, 2.75) is 25.4 Å². The lowest BCUT2D eigenvalue weighted by molar-refractivity contribution is -0.156. The molecule has 3 N–H and O–H groups in total.